The van der Waals surface area contributed by atoms with Gasteiger partial charge >= 0.3 is 0 Å². The SMILES string of the molecule is CC1(C)Cc2[nH]ncc2CN(Cc2csc(C3CC3)n2)C1. The topological polar surface area (TPSA) is 44.8 Å². The Morgan fingerprint density at radius 1 is 1.43 bits per heavy atom. The van der Waals surface area contributed by atoms with E-state index in [-0.39, 0.29) is 5.41 Å². The van der Waals surface area contributed by atoms with Crippen LogP contribution in [0.5, 0.6) is 0 Å². The highest BCUT2D eigenvalue weighted by Gasteiger charge is 2.30. The van der Waals surface area contributed by atoms with Gasteiger partial charge in [0.2, 0.25) is 0 Å². The average Bonchev–Trinajstić information content (AvgIpc) is 3.05. The molecule has 1 aliphatic carbocycles. The van der Waals surface area contributed by atoms with Gasteiger partial charge < -0.3 is 0 Å². The van der Waals surface area contributed by atoms with E-state index in [4.69, 9.17) is 4.98 Å². The molecule has 1 fully saturated rings. The molecule has 2 aliphatic rings. The minimum atomic E-state index is 0.271. The quantitative estimate of drug-likeness (QED) is 0.946. The van der Waals surface area contributed by atoms with Crippen LogP contribution in [0.2, 0.25) is 0 Å². The summed E-state index contributed by atoms with van der Waals surface area (Å²) in [4.78, 5) is 7.36. The number of aromatic amines is 1. The minimum Gasteiger partial charge on any atom is -0.293 e. The fourth-order valence-electron chi connectivity index (χ4n) is 3.32. The zero-order chi connectivity index (χ0) is 14.4. The predicted octanol–water partition coefficient (Wildman–Crippen LogP) is 3.33. The van der Waals surface area contributed by atoms with E-state index in [1.165, 1.54) is 34.8 Å². The zero-order valence-electron chi connectivity index (χ0n) is 12.7. The number of hydrogen-bond donors (Lipinski definition) is 1. The van der Waals surface area contributed by atoms with Crippen LogP contribution in [0.25, 0.3) is 0 Å². The van der Waals surface area contributed by atoms with E-state index in [1.807, 2.05) is 17.5 Å². The second-order valence-electron chi connectivity index (χ2n) is 7.31. The Kier molecular flexibility index (Phi) is 3.15. The summed E-state index contributed by atoms with van der Waals surface area (Å²) in [6.07, 6.45) is 5.73. The number of fused-ring (bicyclic) bond motifs is 1. The number of rotatable bonds is 3. The highest BCUT2D eigenvalue weighted by Crippen LogP contribution is 2.41. The van der Waals surface area contributed by atoms with Gasteiger partial charge in [0.15, 0.2) is 0 Å². The molecule has 1 N–H and O–H groups in total. The van der Waals surface area contributed by atoms with Crippen LogP contribution in [0.4, 0.5) is 0 Å². The van der Waals surface area contributed by atoms with E-state index >= 15 is 0 Å². The summed E-state index contributed by atoms with van der Waals surface area (Å²) in [5.41, 5.74) is 4.16. The third-order valence-corrected chi connectivity index (χ3v) is 5.45. The molecule has 5 heteroatoms. The summed E-state index contributed by atoms with van der Waals surface area (Å²) in [5, 5.41) is 11.0. The lowest BCUT2D eigenvalue weighted by atomic mass is 9.88. The van der Waals surface area contributed by atoms with E-state index in [9.17, 15) is 0 Å². The molecule has 1 saturated carbocycles. The Morgan fingerprint density at radius 3 is 3.10 bits per heavy atom. The van der Waals surface area contributed by atoms with Crippen molar-refractivity contribution in [1.29, 1.82) is 0 Å². The molecule has 0 spiro atoms. The van der Waals surface area contributed by atoms with Crippen molar-refractivity contribution < 1.29 is 0 Å². The molecule has 0 bridgehead atoms. The minimum absolute atomic E-state index is 0.271. The van der Waals surface area contributed by atoms with E-state index < -0.39 is 0 Å². The molecular formula is C16H22N4S. The molecule has 0 saturated heterocycles. The largest absolute Gasteiger partial charge is 0.293 e. The molecule has 4 nitrogen and oxygen atoms in total. The lowest BCUT2D eigenvalue weighted by Gasteiger charge is -2.29. The van der Waals surface area contributed by atoms with Gasteiger partial charge in [-0.1, -0.05) is 13.8 Å². The molecule has 0 aromatic carbocycles. The summed E-state index contributed by atoms with van der Waals surface area (Å²) >= 11 is 1.84. The molecule has 4 rings (SSSR count). The van der Waals surface area contributed by atoms with E-state index in [2.05, 4.69) is 34.3 Å². The van der Waals surface area contributed by atoms with Crippen molar-refractivity contribution in [2.24, 2.45) is 5.41 Å². The Labute approximate surface area is 129 Å². The van der Waals surface area contributed by atoms with E-state index in [0.717, 1.165) is 32.0 Å². The molecule has 2 aromatic rings. The van der Waals surface area contributed by atoms with Crippen LogP contribution in [0.15, 0.2) is 11.6 Å². The number of H-pyrrole nitrogens is 1. The molecule has 0 unspecified atom stereocenters. The first-order valence-corrected chi connectivity index (χ1v) is 8.65. The Hall–Kier alpha value is -1.20. The highest BCUT2D eigenvalue weighted by atomic mass is 32.1. The molecule has 0 amide bonds. The molecular weight excluding hydrogens is 280 g/mol. The summed E-state index contributed by atoms with van der Waals surface area (Å²) in [5.74, 6) is 0.768. The number of nitrogens with zero attached hydrogens (tertiary/aromatic N) is 3. The average molecular weight is 302 g/mol. The molecule has 1 aliphatic heterocycles. The summed E-state index contributed by atoms with van der Waals surface area (Å²) in [6.45, 7) is 7.72. The van der Waals surface area contributed by atoms with E-state index in [1.54, 1.807) is 0 Å². The standard InChI is InChI=1S/C16H22N4S/c1-16(2)5-14-12(6-17-19-14)7-20(10-16)8-13-9-21-15(18-13)11-3-4-11/h6,9,11H,3-5,7-8,10H2,1-2H3,(H,17,19). The van der Waals surface area contributed by atoms with Gasteiger partial charge in [0, 0.05) is 42.2 Å². The van der Waals surface area contributed by atoms with Crippen LogP contribution in [-0.2, 0) is 19.5 Å². The molecule has 0 atom stereocenters. The van der Waals surface area contributed by atoms with Crippen LogP contribution >= 0.6 is 11.3 Å². The first-order valence-electron chi connectivity index (χ1n) is 7.77. The normalized spacial score (nSPS) is 22.0. The Morgan fingerprint density at radius 2 is 2.29 bits per heavy atom. The van der Waals surface area contributed by atoms with Gasteiger partial charge in [0.1, 0.15) is 0 Å². The first kappa shape index (κ1) is 13.5. The number of nitrogens with one attached hydrogen (secondary N) is 1. The third-order valence-electron chi connectivity index (χ3n) is 4.39. The summed E-state index contributed by atoms with van der Waals surface area (Å²) in [6, 6.07) is 0. The predicted molar refractivity (Wildman–Crippen MR) is 84.3 cm³/mol. The maximum absolute atomic E-state index is 4.84. The van der Waals surface area contributed by atoms with Crippen molar-refractivity contribution in [3.63, 3.8) is 0 Å². The zero-order valence-corrected chi connectivity index (χ0v) is 13.5. The summed E-state index contributed by atoms with van der Waals surface area (Å²) < 4.78 is 0. The van der Waals surface area contributed by atoms with Gasteiger partial charge in [0.05, 0.1) is 16.9 Å². The van der Waals surface area contributed by atoms with E-state index in [0.29, 0.717) is 0 Å². The van der Waals surface area contributed by atoms with Crippen LogP contribution in [0.3, 0.4) is 0 Å². The number of hydrogen-bond acceptors (Lipinski definition) is 4. The van der Waals surface area contributed by atoms with Crippen molar-refractivity contribution >= 4 is 11.3 Å². The van der Waals surface area contributed by atoms with Gasteiger partial charge in [-0.15, -0.1) is 11.3 Å². The van der Waals surface area contributed by atoms with Gasteiger partial charge in [0.25, 0.3) is 0 Å². The van der Waals surface area contributed by atoms with Crippen LogP contribution in [-0.4, -0.2) is 26.6 Å². The van der Waals surface area contributed by atoms with Crippen LogP contribution in [0.1, 0.15) is 54.6 Å². The molecule has 112 valence electrons. The third kappa shape index (κ3) is 2.90. The highest BCUT2D eigenvalue weighted by molar-refractivity contribution is 7.09. The van der Waals surface area contributed by atoms with Gasteiger partial charge in [-0.3, -0.25) is 10.00 Å². The fourth-order valence-corrected chi connectivity index (χ4v) is 4.30. The second-order valence-corrected chi connectivity index (χ2v) is 8.20. The molecule has 2 aromatic heterocycles. The second kappa shape index (κ2) is 4.92. The maximum Gasteiger partial charge on any atom is 0.0959 e. The lowest BCUT2D eigenvalue weighted by molar-refractivity contribution is 0.172. The van der Waals surface area contributed by atoms with Gasteiger partial charge in [-0.25, -0.2) is 4.98 Å². The molecule has 0 radical (unpaired) electrons. The lowest BCUT2D eigenvalue weighted by Crippen LogP contribution is -2.32. The first-order chi connectivity index (χ1) is 10.1. The van der Waals surface area contributed by atoms with Crippen molar-refractivity contribution in [3.8, 4) is 0 Å². The van der Waals surface area contributed by atoms with Crippen molar-refractivity contribution in [1.82, 2.24) is 20.1 Å². The van der Waals surface area contributed by atoms with Crippen molar-refractivity contribution in [2.45, 2.75) is 52.1 Å². The maximum atomic E-state index is 4.84. The fraction of sp³-hybridized carbons (Fsp3) is 0.625. The monoisotopic (exact) mass is 302 g/mol. The van der Waals surface area contributed by atoms with Crippen LogP contribution in [0, 0.1) is 5.41 Å². The molecule has 3 heterocycles. The van der Waals surface area contributed by atoms with Gasteiger partial charge in [-0.05, 0) is 24.7 Å². The Balaban J connectivity index is 1.53. The van der Waals surface area contributed by atoms with Crippen molar-refractivity contribution in [3.05, 3.63) is 33.5 Å². The Bertz CT molecular complexity index is 638. The number of aromatic nitrogens is 3. The van der Waals surface area contributed by atoms with Crippen LogP contribution < -0.4 is 0 Å². The van der Waals surface area contributed by atoms with Crippen molar-refractivity contribution in [2.75, 3.05) is 6.54 Å². The molecule has 21 heavy (non-hydrogen) atoms. The van der Waals surface area contributed by atoms with Gasteiger partial charge in [-0.2, -0.15) is 5.10 Å². The summed E-state index contributed by atoms with van der Waals surface area (Å²) in [7, 11) is 0. The number of thiazole rings is 1. The smallest absolute Gasteiger partial charge is 0.0959 e.